The smallest absolute Gasteiger partial charge is 0.254 e. The van der Waals surface area contributed by atoms with Gasteiger partial charge < -0.3 is 14.5 Å². The lowest BCUT2D eigenvalue weighted by Gasteiger charge is -2.30. The lowest BCUT2D eigenvalue weighted by molar-refractivity contribution is 0.0495. The number of aryl methyl sites for hydroxylation is 1. The van der Waals surface area contributed by atoms with Crippen molar-refractivity contribution in [3.05, 3.63) is 65.5 Å². The van der Waals surface area contributed by atoms with Gasteiger partial charge in [-0.3, -0.25) is 9.78 Å². The molecule has 2 saturated heterocycles. The van der Waals surface area contributed by atoms with Crippen LogP contribution in [0.2, 0.25) is 0 Å². The average molecular weight is 380 g/mol. The first-order valence-corrected chi connectivity index (χ1v) is 10.1. The van der Waals surface area contributed by atoms with Crippen molar-refractivity contribution in [3.63, 3.8) is 0 Å². The third kappa shape index (κ3) is 3.82. The van der Waals surface area contributed by atoms with Crippen LogP contribution in [0.4, 0.5) is 0 Å². The minimum atomic E-state index is 0.141. The molecule has 2 atom stereocenters. The number of ether oxygens (including phenoxy) is 1. The maximum Gasteiger partial charge on any atom is 0.254 e. The molecule has 5 nitrogen and oxygen atoms in total. The maximum absolute atomic E-state index is 13.1. The third-order valence-electron chi connectivity index (χ3n) is 6.34. The highest BCUT2D eigenvalue weighted by atomic mass is 16.5. The van der Waals surface area contributed by atoms with Gasteiger partial charge in [0, 0.05) is 55.5 Å². The van der Waals surface area contributed by atoms with Gasteiger partial charge in [0.25, 0.3) is 5.91 Å². The molecule has 28 heavy (non-hydrogen) atoms. The highest BCUT2D eigenvalue weighted by molar-refractivity contribution is 5.95. The van der Waals surface area contributed by atoms with Crippen molar-refractivity contribution in [1.29, 1.82) is 0 Å². The number of carbonyl (C=O) groups is 1. The summed E-state index contributed by atoms with van der Waals surface area (Å²) < 4.78 is 6.07. The van der Waals surface area contributed by atoms with Gasteiger partial charge in [-0.05, 0) is 43.7 Å². The summed E-state index contributed by atoms with van der Waals surface area (Å²) in [6.07, 6.45) is 4.69. The minimum Gasteiger partial charge on any atom is -0.376 e. The molecule has 2 aromatic rings. The topological polar surface area (TPSA) is 45.7 Å². The Kier molecular flexibility index (Phi) is 5.47. The van der Waals surface area contributed by atoms with E-state index in [4.69, 9.17) is 4.74 Å². The van der Waals surface area contributed by atoms with Gasteiger partial charge >= 0.3 is 0 Å². The number of likely N-dealkylation sites (tertiary alicyclic amines) is 2. The molecule has 3 heterocycles. The molecular formula is C23H29N3O2. The van der Waals surface area contributed by atoms with Crippen LogP contribution in [-0.4, -0.2) is 60.5 Å². The van der Waals surface area contributed by atoms with E-state index in [1.54, 1.807) is 6.20 Å². The summed E-state index contributed by atoms with van der Waals surface area (Å²) in [5.41, 5.74) is 3.12. The molecule has 1 amide bonds. The first-order valence-electron chi connectivity index (χ1n) is 10.1. The van der Waals surface area contributed by atoms with Crippen molar-refractivity contribution in [2.24, 2.45) is 11.3 Å². The first kappa shape index (κ1) is 19.1. The van der Waals surface area contributed by atoms with Crippen LogP contribution in [0.25, 0.3) is 0 Å². The molecule has 0 unspecified atom stereocenters. The second-order valence-electron chi connectivity index (χ2n) is 8.42. The van der Waals surface area contributed by atoms with Crippen molar-refractivity contribution in [2.75, 3.05) is 39.8 Å². The van der Waals surface area contributed by atoms with Gasteiger partial charge in [-0.1, -0.05) is 24.3 Å². The molecule has 5 heteroatoms. The third-order valence-corrected chi connectivity index (χ3v) is 6.34. The number of pyridine rings is 1. The zero-order chi connectivity index (χ0) is 19.6. The Morgan fingerprint density at radius 2 is 2.11 bits per heavy atom. The molecule has 1 spiro atoms. The van der Waals surface area contributed by atoms with E-state index in [2.05, 4.69) is 21.8 Å². The van der Waals surface area contributed by atoms with Gasteiger partial charge in [-0.2, -0.15) is 0 Å². The Hall–Kier alpha value is -2.24. The van der Waals surface area contributed by atoms with E-state index >= 15 is 0 Å². The van der Waals surface area contributed by atoms with Crippen molar-refractivity contribution in [2.45, 2.75) is 20.0 Å². The first-order chi connectivity index (χ1) is 13.6. The Labute approximate surface area is 167 Å². The van der Waals surface area contributed by atoms with Crippen molar-refractivity contribution >= 4 is 5.91 Å². The molecule has 2 aliphatic rings. The summed E-state index contributed by atoms with van der Waals surface area (Å²) in [6, 6.07) is 11.9. The number of aromatic nitrogens is 1. The minimum absolute atomic E-state index is 0.141. The van der Waals surface area contributed by atoms with Gasteiger partial charge in [0.1, 0.15) is 0 Å². The lowest BCUT2D eigenvalue weighted by atomic mass is 9.77. The predicted molar refractivity (Wildman–Crippen MR) is 109 cm³/mol. The van der Waals surface area contributed by atoms with Crippen LogP contribution < -0.4 is 0 Å². The summed E-state index contributed by atoms with van der Waals surface area (Å²) in [5.74, 6) is 0.614. The van der Waals surface area contributed by atoms with Crippen LogP contribution in [0.3, 0.4) is 0 Å². The van der Waals surface area contributed by atoms with Gasteiger partial charge in [0.05, 0.1) is 13.2 Å². The SMILES string of the molecule is Cc1ccccc1C(=O)N1CC[C@@]2(CN(C)C[C@@H]2COCc2cccnc2)C1. The van der Waals surface area contributed by atoms with Gasteiger partial charge in [-0.25, -0.2) is 0 Å². The van der Waals surface area contributed by atoms with Crippen LogP contribution >= 0.6 is 0 Å². The van der Waals surface area contributed by atoms with E-state index < -0.39 is 0 Å². The van der Waals surface area contributed by atoms with Gasteiger partial charge in [-0.15, -0.1) is 0 Å². The van der Waals surface area contributed by atoms with Gasteiger partial charge in [0.2, 0.25) is 0 Å². The van der Waals surface area contributed by atoms with Crippen LogP contribution in [-0.2, 0) is 11.3 Å². The summed E-state index contributed by atoms with van der Waals surface area (Å²) in [4.78, 5) is 21.7. The van der Waals surface area contributed by atoms with E-state index in [0.717, 1.165) is 55.9 Å². The normalized spacial score (nSPS) is 24.9. The van der Waals surface area contributed by atoms with Crippen molar-refractivity contribution < 1.29 is 9.53 Å². The molecule has 0 aliphatic carbocycles. The molecule has 1 aromatic heterocycles. The van der Waals surface area contributed by atoms with Crippen LogP contribution in [0.15, 0.2) is 48.8 Å². The second-order valence-corrected chi connectivity index (χ2v) is 8.42. The quantitative estimate of drug-likeness (QED) is 0.801. The summed E-state index contributed by atoms with van der Waals surface area (Å²) in [5, 5.41) is 0. The summed E-state index contributed by atoms with van der Waals surface area (Å²) >= 11 is 0. The molecule has 1 aromatic carbocycles. The highest BCUT2D eigenvalue weighted by Crippen LogP contribution is 2.44. The number of nitrogens with zero attached hydrogens (tertiary/aromatic N) is 3. The monoisotopic (exact) mass is 379 g/mol. The van der Waals surface area contributed by atoms with Crippen molar-refractivity contribution in [3.8, 4) is 0 Å². The molecule has 0 radical (unpaired) electrons. The highest BCUT2D eigenvalue weighted by Gasteiger charge is 2.50. The number of hydrogen-bond acceptors (Lipinski definition) is 4. The largest absolute Gasteiger partial charge is 0.376 e. The lowest BCUT2D eigenvalue weighted by Crippen LogP contribution is -2.38. The molecule has 2 fully saturated rings. The zero-order valence-electron chi connectivity index (χ0n) is 16.8. The molecule has 148 valence electrons. The van der Waals surface area contributed by atoms with E-state index in [1.165, 1.54) is 0 Å². The van der Waals surface area contributed by atoms with E-state index in [-0.39, 0.29) is 11.3 Å². The Morgan fingerprint density at radius 1 is 1.25 bits per heavy atom. The molecule has 2 aliphatic heterocycles. The fourth-order valence-electron chi connectivity index (χ4n) is 4.85. The molecule has 0 N–H and O–H groups in total. The standard InChI is InChI=1S/C23H29N3O2/c1-18-6-3-4-8-21(18)22(27)26-11-9-23(17-26)16-25(2)13-20(23)15-28-14-19-7-5-10-24-12-19/h3-8,10,12,20H,9,11,13-17H2,1-2H3/t20-,23-/m1/s1. The average Bonchev–Trinajstić information content (AvgIpc) is 3.26. The zero-order valence-corrected chi connectivity index (χ0v) is 16.8. The number of benzene rings is 1. The number of carbonyl (C=O) groups excluding carboxylic acids is 1. The van der Waals surface area contributed by atoms with Crippen LogP contribution in [0.1, 0.15) is 27.9 Å². The van der Waals surface area contributed by atoms with Crippen molar-refractivity contribution in [1.82, 2.24) is 14.8 Å². The van der Waals surface area contributed by atoms with Crippen LogP contribution in [0.5, 0.6) is 0 Å². The fraction of sp³-hybridized carbons (Fsp3) is 0.478. The number of rotatable bonds is 5. The predicted octanol–water partition coefficient (Wildman–Crippen LogP) is 3.00. The second kappa shape index (κ2) is 8.02. The summed E-state index contributed by atoms with van der Waals surface area (Å²) in [6.45, 7) is 7.05. The fourth-order valence-corrected chi connectivity index (χ4v) is 4.85. The Morgan fingerprint density at radius 3 is 2.89 bits per heavy atom. The van der Waals surface area contributed by atoms with Crippen LogP contribution in [0, 0.1) is 18.3 Å². The van der Waals surface area contributed by atoms with E-state index in [9.17, 15) is 4.79 Å². The van der Waals surface area contributed by atoms with E-state index in [1.807, 2.05) is 49.5 Å². The number of amides is 1. The molecular weight excluding hydrogens is 350 g/mol. The summed E-state index contributed by atoms with van der Waals surface area (Å²) in [7, 11) is 2.18. The molecule has 0 saturated carbocycles. The molecule has 4 rings (SSSR count). The van der Waals surface area contributed by atoms with Gasteiger partial charge in [0.15, 0.2) is 0 Å². The Bertz CT molecular complexity index is 826. The number of hydrogen-bond donors (Lipinski definition) is 0. The molecule has 0 bridgehead atoms. The van der Waals surface area contributed by atoms with E-state index in [0.29, 0.717) is 12.5 Å². The maximum atomic E-state index is 13.1. The Balaban J connectivity index is 1.41.